The molecule has 0 amide bonds. The quantitative estimate of drug-likeness (QED) is 0.786. The summed E-state index contributed by atoms with van der Waals surface area (Å²) >= 11 is 5.85. The summed E-state index contributed by atoms with van der Waals surface area (Å²) in [6.07, 6.45) is 0. The maximum atomic E-state index is 5.85. The highest BCUT2D eigenvalue weighted by Crippen LogP contribution is 2.13. The van der Waals surface area contributed by atoms with Gasteiger partial charge in [0.05, 0.1) is 6.61 Å². The predicted octanol–water partition coefficient (Wildman–Crippen LogP) is 3.11. The van der Waals surface area contributed by atoms with Gasteiger partial charge < -0.3 is 10.1 Å². The summed E-state index contributed by atoms with van der Waals surface area (Å²) < 4.78 is 5.19. The van der Waals surface area contributed by atoms with Gasteiger partial charge in [0.2, 0.25) is 0 Å². The van der Waals surface area contributed by atoms with Crippen molar-refractivity contribution in [2.24, 2.45) is 0 Å². The summed E-state index contributed by atoms with van der Waals surface area (Å²) in [5, 5.41) is 4.16. The lowest BCUT2D eigenvalue weighted by molar-refractivity contribution is 0.105. The van der Waals surface area contributed by atoms with Gasteiger partial charge in [0, 0.05) is 37.0 Å². The molecular formula is C14H23ClN2O. The SMILES string of the molecule is CCN(CCNc1ccc(Cl)cc1)C(C)COC. The molecule has 102 valence electrons. The normalized spacial score (nSPS) is 12.7. The van der Waals surface area contributed by atoms with Crippen molar-refractivity contribution in [2.45, 2.75) is 19.9 Å². The van der Waals surface area contributed by atoms with Gasteiger partial charge in [-0.15, -0.1) is 0 Å². The Kier molecular flexibility index (Phi) is 7.09. The zero-order valence-electron chi connectivity index (χ0n) is 11.4. The van der Waals surface area contributed by atoms with Crippen molar-refractivity contribution in [3.05, 3.63) is 29.3 Å². The lowest BCUT2D eigenvalue weighted by Crippen LogP contribution is -2.39. The first-order valence-electron chi connectivity index (χ1n) is 6.39. The van der Waals surface area contributed by atoms with Crippen LogP contribution >= 0.6 is 11.6 Å². The van der Waals surface area contributed by atoms with E-state index in [4.69, 9.17) is 16.3 Å². The lowest BCUT2D eigenvalue weighted by atomic mass is 10.3. The van der Waals surface area contributed by atoms with Gasteiger partial charge in [-0.1, -0.05) is 18.5 Å². The summed E-state index contributed by atoms with van der Waals surface area (Å²) in [6, 6.07) is 8.24. The molecule has 1 aromatic rings. The fourth-order valence-corrected chi connectivity index (χ4v) is 2.07. The molecule has 0 saturated carbocycles. The molecule has 0 saturated heterocycles. The maximum Gasteiger partial charge on any atom is 0.0615 e. The van der Waals surface area contributed by atoms with Gasteiger partial charge in [-0.05, 0) is 37.7 Å². The van der Waals surface area contributed by atoms with Crippen molar-refractivity contribution in [1.29, 1.82) is 0 Å². The van der Waals surface area contributed by atoms with Gasteiger partial charge in [0.15, 0.2) is 0 Å². The second-order valence-electron chi connectivity index (χ2n) is 4.37. The fourth-order valence-electron chi connectivity index (χ4n) is 1.95. The van der Waals surface area contributed by atoms with Gasteiger partial charge in [0.1, 0.15) is 0 Å². The molecule has 1 rings (SSSR count). The molecule has 0 aliphatic heterocycles. The summed E-state index contributed by atoms with van der Waals surface area (Å²) in [7, 11) is 1.75. The molecule has 1 unspecified atom stereocenters. The third kappa shape index (κ3) is 5.25. The number of nitrogens with one attached hydrogen (secondary N) is 1. The summed E-state index contributed by atoms with van der Waals surface area (Å²) in [4.78, 5) is 2.40. The van der Waals surface area contributed by atoms with E-state index in [-0.39, 0.29) is 0 Å². The highest BCUT2D eigenvalue weighted by Gasteiger charge is 2.10. The van der Waals surface area contributed by atoms with Crippen LogP contribution in [0.1, 0.15) is 13.8 Å². The molecule has 3 nitrogen and oxygen atoms in total. The van der Waals surface area contributed by atoms with Crippen molar-refractivity contribution in [3.63, 3.8) is 0 Å². The average Bonchev–Trinajstić information content (AvgIpc) is 2.37. The first-order chi connectivity index (χ1) is 8.67. The van der Waals surface area contributed by atoms with Crippen LogP contribution in [0.15, 0.2) is 24.3 Å². The van der Waals surface area contributed by atoms with Gasteiger partial charge >= 0.3 is 0 Å². The van der Waals surface area contributed by atoms with E-state index >= 15 is 0 Å². The zero-order chi connectivity index (χ0) is 13.4. The van der Waals surface area contributed by atoms with Crippen molar-refractivity contribution in [3.8, 4) is 0 Å². The summed E-state index contributed by atoms with van der Waals surface area (Å²) in [5.74, 6) is 0. The Labute approximate surface area is 115 Å². The number of rotatable bonds is 8. The average molecular weight is 271 g/mol. The van der Waals surface area contributed by atoms with E-state index in [9.17, 15) is 0 Å². The number of hydrogen-bond donors (Lipinski definition) is 1. The lowest BCUT2D eigenvalue weighted by Gasteiger charge is -2.27. The number of halogens is 1. The van der Waals surface area contributed by atoms with E-state index in [1.54, 1.807) is 7.11 Å². The Bertz CT molecular complexity index is 329. The Hall–Kier alpha value is -0.770. The monoisotopic (exact) mass is 270 g/mol. The van der Waals surface area contributed by atoms with Crippen LogP contribution in [0.4, 0.5) is 5.69 Å². The fraction of sp³-hybridized carbons (Fsp3) is 0.571. The molecule has 4 heteroatoms. The molecule has 0 heterocycles. The topological polar surface area (TPSA) is 24.5 Å². The molecule has 0 spiro atoms. The molecule has 0 fully saturated rings. The minimum atomic E-state index is 0.451. The van der Waals surface area contributed by atoms with Gasteiger partial charge in [0.25, 0.3) is 0 Å². The van der Waals surface area contributed by atoms with Crippen molar-refractivity contribution in [1.82, 2.24) is 4.90 Å². The third-order valence-corrected chi connectivity index (χ3v) is 3.26. The highest BCUT2D eigenvalue weighted by atomic mass is 35.5. The van der Waals surface area contributed by atoms with Crippen LogP contribution in [-0.4, -0.2) is 44.3 Å². The van der Waals surface area contributed by atoms with E-state index in [0.717, 1.165) is 37.0 Å². The summed E-state index contributed by atoms with van der Waals surface area (Å²) in [6.45, 7) is 8.10. The van der Waals surface area contributed by atoms with Gasteiger partial charge in [-0.25, -0.2) is 0 Å². The number of benzene rings is 1. The Morgan fingerprint density at radius 1 is 1.33 bits per heavy atom. The Morgan fingerprint density at radius 2 is 2.00 bits per heavy atom. The van der Waals surface area contributed by atoms with E-state index in [2.05, 4.69) is 24.1 Å². The second kappa shape index (κ2) is 8.35. The maximum absolute atomic E-state index is 5.85. The molecule has 1 aromatic carbocycles. The van der Waals surface area contributed by atoms with Crippen LogP contribution in [0.25, 0.3) is 0 Å². The molecule has 0 aliphatic rings. The minimum absolute atomic E-state index is 0.451. The molecule has 0 aromatic heterocycles. The first-order valence-corrected chi connectivity index (χ1v) is 6.77. The van der Waals surface area contributed by atoms with Crippen LogP contribution in [0.5, 0.6) is 0 Å². The Balaban J connectivity index is 2.32. The van der Waals surface area contributed by atoms with E-state index < -0.39 is 0 Å². The molecular weight excluding hydrogens is 248 g/mol. The molecule has 1 atom stereocenters. The molecule has 0 radical (unpaired) electrons. The van der Waals surface area contributed by atoms with E-state index in [0.29, 0.717) is 6.04 Å². The number of hydrogen-bond acceptors (Lipinski definition) is 3. The van der Waals surface area contributed by atoms with Crippen LogP contribution in [0, 0.1) is 0 Å². The van der Waals surface area contributed by atoms with Crippen LogP contribution < -0.4 is 5.32 Å². The first kappa shape index (κ1) is 15.3. The van der Waals surface area contributed by atoms with Gasteiger partial charge in [-0.3, -0.25) is 4.90 Å². The van der Waals surface area contributed by atoms with E-state index in [1.165, 1.54) is 0 Å². The van der Waals surface area contributed by atoms with Crippen molar-refractivity contribution in [2.75, 3.05) is 38.7 Å². The van der Waals surface area contributed by atoms with Crippen LogP contribution in [0.2, 0.25) is 5.02 Å². The Morgan fingerprint density at radius 3 is 2.56 bits per heavy atom. The number of methoxy groups -OCH3 is 1. The smallest absolute Gasteiger partial charge is 0.0615 e. The minimum Gasteiger partial charge on any atom is -0.384 e. The predicted molar refractivity (Wildman–Crippen MR) is 78.5 cm³/mol. The molecule has 1 N–H and O–H groups in total. The van der Waals surface area contributed by atoms with E-state index in [1.807, 2.05) is 24.3 Å². The standard InChI is InChI=1S/C14H23ClN2O/c1-4-17(12(2)11-18-3)10-9-16-14-7-5-13(15)6-8-14/h5-8,12,16H,4,9-11H2,1-3H3. The molecule has 0 bridgehead atoms. The second-order valence-corrected chi connectivity index (χ2v) is 4.80. The van der Waals surface area contributed by atoms with Gasteiger partial charge in [-0.2, -0.15) is 0 Å². The van der Waals surface area contributed by atoms with Crippen LogP contribution in [-0.2, 0) is 4.74 Å². The van der Waals surface area contributed by atoms with Crippen molar-refractivity contribution < 1.29 is 4.74 Å². The zero-order valence-corrected chi connectivity index (χ0v) is 12.2. The van der Waals surface area contributed by atoms with Crippen molar-refractivity contribution >= 4 is 17.3 Å². The number of anilines is 1. The highest BCUT2D eigenvalue weighted by molar-refractivity contribution is 6.30. The third-order valence-electron chi connectivity index (χ3n) is 3.01. The molecule has 0 aliphatic carbocycles. The van der Waals surface area contributed by atoms with Crippen LogP contribution in [0.3, 0.4) is 0 Å². The summed E-state index contributed by atoms with van der Waals surface area (Å²) in [5.41, 5.74) is 1.11. The number of likely N-dealkylation sites (N-methyl/N-ethyl adjacent to an activating group) is 1. The molecule has 18 heavy (non-hydrogen) atoms. The largest absolute Gasteiger partial charge is 0.384 e. The number of nitrogens with zero attached hydrogens (tertiary/aromatic N) is 1. The number of ether oxygens (including phenoxy) is 1.